The minimum atomic E-state index is -0.809. The summed E-state index contributed by atoms with van der Waals surface area (Å²) in [5, 5.41) is 5.60. The number of nitrogens with one attached hydrogen (secondary N) is 2. The van der Waals surface area contributed by atoms with E-state index in [0.29, 0.717) is 37.8 Å². The number of halogens is 2. The molecule has 0 aliphatic carbocycles. The topological polar surface area (TPSA) is 86.3 Å². The van der Waals surface area contributed by atoms with Gasteiger partial charge in [-0.1, -0.05) is 6.07 Å². The molecule has 2 amide bonds. The second-order valence-electron chi connectivity index (χ2n) is 6.63. The first-order valence-electron chi connectivity index (χ1n) is 9.34. The molecule has 1 fully saturated rings. The first-order chi connectivity index (χ1) is 14.6. The molecule has 10 heteroatoms. The molecule has 0 radical (unpaired) electrons. The molecule has 4 rings (SSSR count). The van der Waals surface area contributed by atoms with Gasteiger partial charge in [-0.25, -0.2) is 28.5 Å². The number of carbonyl (C=O) groups is 1. The number of carbonyl (C=O) groups excluding carboxylic acids is 1. The lowest BCUT2D eigenvalue weighted by molar-refractivity contribution is 0.208. The van der Waals surface area contributed by atoms with Gasteiger partial charge in [0, 0.05) is 44.5 Å². The minimum Gasteiger partial charge on any atom is -0.353 e. The Morgan fingerprint density at radius 3 is 2.50 bits per heavy atom. The molecule has 1 saturated heterocycles. The lowest BCUT2D eigenvalue weighted by atomic mass is 10.3. The molecule has 0 unspecified atom stereocenters. The van der Waals surface area contributed by atoms with E-state index in [1.165, 1.54) is 12.4 Å². The average molecular weight is 411 g/mol. The molecule has 3 heterocycles. The molecular formula is C20H19F2N7O. The van der Waals surface area contributed by atoms with Crippen molar-refractivity contribution >= 4 is 29.2 Å². The fourth-order valence-corrected chi connectivity index (χ4v) is 3.08. The van der Waals surface area contributed by atoms with Crippen molar-refractivity contribution in [1.82, 2.24) is 19.9 Å². The number of amides is 2. The molecule has 0 atom stereocenters. The maximum absolute atomic E-state index is 13.7. The van der Waals surface area contributed by atoms with Crippen LogP contribution in [0.2, 0.25) is 0 Å². The summed E-state index contributed by atoms with van der Waals surface area (Å²) in [6.07, 6.45) is 3.16. The Balaban J connectivity index is 1.35. The van der Waals surface area contributed by atoms with Crippen molar-refractivity contribution in [2.45, 2.75) is 0 Å². The van der Waals surface area contributed by atoms with Crippen molar-refractivity contribution in [3.05, 3.63) is 66.6 Å². The molecule has 0 bridgehead atoms. The molecular weight excluding hydrogens is 392 g/mol. The quantitative estimate of drug-likeness (QED) is 0.686. The Morgan fingerprint density at radius 1 is 0.933 bits per heavy atom. The Hall–Kier alpha value is -3.82. The van der Waals surface area contributed by atoms with Gasteiger partial charge in [-0.05, 0) is 24.3 Å². The molecule has 30 heavy (non-hydrogen) atoms. The highest BCUT2D eigenvalue weighted by Gasteiger charge is 2.23. The highest BCUT2D eigenvalue weighted by Crippen LogP contribution is 2.20. The third kappa shape index (κ3) is 4.59. The van der Waals surface area contributed by atoms with E-state index in [1.54, 1.807) is 11.1 Å². The van der Waals surface area contributed by atoms with Gasteiger partial charge in [0.1, 0.15) is 35.4 Å². The first kappa shape index (κ1) is 19.5. The van der Waals surface area contributed by atoms with Gasteiger partial charge in [0.05, 0.1) is 5.69 Å². The van der Waals surface area contributed by atoms with Crippen LogP contribution in [0.15, 0.2) is 55.0 Å². The van der Waals surface area contributed by atoms with E-state index in [0.717, 1.165) is 18.0 Å². The monoisotopic (exact) mass is 411 g/mol. The number of anilines is 4. The van der Waals surface area contributed by atoms with Crippen molar-refractivity contribution < 1.29 is 13.6 Å². The largest absolute Gasteiger partial charge is 0.353 e. The van der Waals surface area contributed by atoms with E-state index in [4.69, 9.17) is 0 Å². The van der Waals surface area contributed by atoms with E-state index >= 15 is 0 Å². The average Bonchev–Trinajstić information content (AvgIpc) is 2.77. The summed E-state index contributed by atoms with van der Waals surface area (Å²) in [7, 11) is 0. The number of rotatable bonds is 4. The van der Waals surface area contributed by atoms with Crippen molar-refractivity contribution in [2.75, 3.05) is 41.7 Å². The van der Waals surface area contributed by atoms with Crippen LogP contribution in [0.5, 0.6) is 0 Å². The maximum atomic E-state index is 13.7. The SMILES string of the molecule is O=C(Nc1ccc(F)cc1F)N1CCN(c2cc(Nc3ccccn3)ncn2)CC1. The zero-order valence-electron chi connectivity index (χ0n) is 15.9. The molecule has 0 spiro atoms. The number of urea groups is 1. The van der Waals surface area contributed by atoms with Crippen LogP contribution in [-0.4, -0.2) is 52.1 Å². The van der Waals surface area contributed by atoms with E-state index in [2.05, 4.69) is 25.6 Å². The molecule has 154 valence electrons. The normalized spacial score (nSPS) is 13.8. The zero-order valence-corrected chi connectivity index (χ0v) is 15.9. The smallest absolute Gasteiger partial charge is 0.322 e. The molecule has 1 aromatic carbocycles. The molecule has 1 aliphatic heterocycles. The first-order valence-corrected chi connectivity index (χ1v) is 9.34. The van der Waals surface area contributed by atoms with Gasteiger partial charge in [0.2, 0.25) is 0 Å². The van der Waals surface area contributed by atoms with E-state index in [1.807, 2.05) is 29.2 Å². The van der Waals surface area contributed by atoms with Crippen molar-refractivity contribution in [3.63, 3.8) is 0 Å². The molecule has 8 nitrogen and oxygen atoms in total. The fraction of sp³-hybridized carbons (Fsp3) is 0.200. The summed E-state index contributed by atoms with van der Waals surface area (Å²) in [5.74, 6) is 0.521. The van der Waals surface area contributed by atoms with Gasteiger partial charge in [-0.15, -0.1) is 0 Å². The highest BCUT2D eigenvalue weighted by molar-refractivity contribution is 5.89. The van der Waals surface area contributed by atoms with Crippen molar-refractivity contribution in [1.29, 1.82) is 0 Å². The summed E-state index contributed by atoms with van der Waals surface area (Å²) >= 11 is 0. The van der Waals surface area contributed by atoms with Gasteiger partial charge in [0.25, 0.3) is 0 Å². The zero-order chi connectivity index (χ0) is 20.9. The van der Waals surface area contributed by atoms with Crippen LogP contribution in [-0.2, 0) is 0 Å². The van der Waals surface area contributed by atoms with E-state index in [9.17, 15) is 13.6 Å². The number of nitrogens with zero attached hydrogens (tertiary/aromatic N) is 5. The third-order valence-electron chi connectivity index (χ3n) is 4.64. The third-order valence-corrected chi connectivity index (χ3v) is 4.64. The summed E-state index contributed by atoms with van der Waals surface area (Å²) in [4.78, 5) is 28.7. The number of pyridine rings is 1. The van der Waals surface area contributed by atoms with Crippen LogP contribution in [0, 0.1) is 11.6 Å². The lowest BCUT2D eigenvalue weighted by Crippen LogP contribution is -2.50. The Labute approximate surface area is 171 Å². The standard InChI is InChI=1S/C20H19F2N7O/c21-14-4-5-16(15(22)11-14)26-20(30)29-9-7-28(8-10-29)19-12-18(24-13-25-19)27-17-3-1-2-6-23-17/h1-6,11-13H,7-10H2,(H,26,30)(H,23,24,25,27). The lowest BCUT2D eigenvalue weighted by Gasteiger charge is -2.35. The summed E-state index contributed by atoms with van der Waals surface area (Å²) < 4.78 is 26.8. The molecule has 3 aromatic rings. The number of hydrogen-bond donors (Lipinski definition) is 2. The second-order valence-corrected chi connectivity index (χ2v) is 6.63. The van der Waals surface area contributed by atoms with Gasteiger partial charge in [-0.2, -0.15) is 0 Å². The Bertz CT molecular complexity index is 1030. The summed E-state index contributed by atoms with van der Waals surface area (Å²) in [5.41, 5.74) is -0.0510. The van der Waals surface area contributed by atoms with E-state index < -0.39 is 17.7 Å². The molecule has 0 saturated carbocycles. The predicted octanol–water partition coefficient (Wildman–Crippen LogP) is 3.25. The minimum absolute atomic E-state index is 0.0510. The number of hydrogen-bond acceptors (Lipinski definition) is 6. The van der Waals surface area contributed by atoms with Crippen LogP contribution in [0.25, 0.3) is 0 Å². The van der Waals surface area contributed by atoms with Gasteiger partial charge in [-0.3, -0.25) is 0 Å². The summed E-state index contributed by atoms with van der Waals surface area (Å²) in [6.45, 7) is 1.97. The van der Waals surface area contributed by atoms with Crippen LogP contribution in [0.3, 0.4) is 0 Å². The van der Waals surface area contributed by atoms with Gasteiger partial charge in [0.15, 0.2) is 0 Å². The van der Waals surface area contributed by atoms with Crippen molar-refractivity contribution in [2.24, 2.45) is 0 Å². The second kappa shape index (κ2) is 8.68. The number of benzene rings is 1. The highest BCUT2D eigenvalue weighted by atomic mass is 19.1. The van der Waals surface area contributed by atoms with Gasteiger partial charge < -0.3 is 20.4 Å². The van der Waals surface area contributed by atoms with Crippen LogP contribution in [0.4, 0.5) is 36.7 Å². The number of piperazine rings is 1. The Kier molecular flexibility index (Phi) is 5.64. The Morgan fingerprint density at radius 2 is 1.77 bits per heavy atom. The predicted molar refractivity (Wildman–Crippen MR) is 109 cm³/mol. The maximum Gasteiger partial charge on any atom is 0.322 e. The molecule has 1 aliphatic rings. The van der Waals surface area contributed by atoms with Crippen LogP contribution in [0.1, 0.15) is 0 Å². The van der Waals surface area contributed by atoms with Gasteiger partial charge >= 0.3 is 6.03 Å². The summed E-state index contributed by atoms with van der Waals surface area (Å²) in [6, 6.07) is 9.97. The van der Waals surface area contributed by atoms with Crippen LogP contribution >= 0.6 is 0 Å². The number of aromatic nitrogens is 3. The van der Waals surface area contributed by atoms with Crippen LogP contribution < -0.4 is 15.5 Å². The van der Waals surface area contributed by atoms with Crippen molar-refractivity contribution in [3.8, 4) is 0 Å². The molecule has 2 aromatic heterocycles. The fourth-order valence-electron chi connectivity index (χ4n) is 3.08. The van der Waals surface area contributed by atoms with E-state index in [-0.39, 0.29) is 5.69 Å². The molecule has 2 N–H and O–H groups in total.